The van der Waals surface area contributed by atoms with Crippen LogP contribution in [0.2, 0.25) is 5.02 Å². The molecule has 6 heteroatoms. The van der Waals surface area contributed by atoms with Crippen LogP contribution in [0.15, 0.2) is 17.1 Å². The first-order valence-corrected chi connectivity index (χ1v) is 8.03. The fraction of sp³-hybridized carbons (Fsp3) is 0.500. The average Bonchev–Trinajstić information content (AvgIpc) is 2.44. The first-order chi connectivity index (χ1) is 9.74. The van der Waals surface area contributed by atoms with E-state index in [9.17, 15) is 0 Å². The Bertz CT molecular complexity index is 494. The van der Waals surface area contributed by atoms with E-state index in [4.69, 9.17) is 21.1 Å². The number of ether oxygens (including phenoxy) is 2. The molecule has 0 bridgehead atoms. The summed E-state index contributed by atoms with van der Waals surface area (Å²) in [5, 5.41) is 4.93. The van der Waals surface area contributed by atoms with E-state index >= 15 is 0 Å². The molecule has 1 N–H and O–H groups in total. The maximum absolute atomic E-state index is 6.15. The van der Waals surface area contributed by atoms with E-state index in [-0.39, 0.29) is 0 Å². The van der Waals surface area contributed by atoms with Gasteiger partial charge in [0, 0.05) is 35.0 Å². The summed E-state index contributed by atoms with van der Waals surface area (Å²) in [6.07, 6.45) is 0. The molecule has 0 spiro atoms. The zero-order chi connectivity index (χ0) is 14.4. The highest BCUT2D eigenvalue weighted by molar-refractivity contribution is 8.13. The Morgan fingerprint density at radius 1 is 1.45 bits per heavy atom. The van der Waals surface area contributed by atoms with E-state index in [0.717, 1.165) is 40.9 Å². The van der Waals surface area contributed by atoms with E-state index in [1.807, 2.05) is 19.1 Å². The molecule has 110 valence electrons. The number of fused-ring (bicyclic) bond motifs is 1. The summed E-state index contributed by atoms with van der Waals surface area (Å²) in [6, 6.07) is 3.85. The standard InChI is InChI=1S/C14H19ClN2O2S/c1-3-16-14(17-4-2)20-8-11-6-12(15)5-10-7-18-9-19-13(10)11/h5-6H,3-4,7-9H2,1-2H3,(H,16,17). The molecule has 0 radical (unpaired) electrons. The number of benzene rings is 1. The van der Waals surface area contributed by atoms with Gasteiger partial charge < -0.3 is 14.8 Å². The van der Waals surface area contributed by atoms with Crippen LogP contribution in [-0.2, 0) is 17.1 Å². The second kappa shape index (κ2) is 7.76. The number of rotatable bonds is 4. The van der Waals surface area contributed by atoms with Gasteiger partial charge in [-0.2, -0.15) is 0 Å². The number of thioether (sulfide) groups is 1. The SMILES string of the molecule is CCN=C(NCC)SCc1cc(Cl)cc2c1OCOC2. The smallest absolute Gasteiger partial charge is 0.189 e. The average molecular weight is 315 g/mol. The molecule has 20 heavy (non-hydrogen) atoms. The third kappa shape index (κ3) is 4.04. The Morgan fingerprint density at radius 2 is 2.30 bits per heavy atom. The molecule has 1 aliphatic heterocycles. The maximum atomic E-state index is 6.15. The van der Waals surface area contributed by atoms with E-state index in [0.29, 0.717) is 18.4 Å². The third-order valence-electron chi connectivity index (χ3n) is 2.75. The molecule has 0 aromatic heterocycles. The molecule has 0 saturated heterocycles. The van der Waals surface area contributed by atoms with Gasteiger partial charge in [0.25, 0.3) is 0 Å². The van der Waals surface area contributed by atoms with Crippen molar-refractivity contribution in [1.82, 2.24) is 5.32 Å². The highest BCUT2D eigenvalue weighted by Gasteiger charge is 2.16. The summed E-state index contributed by atoms with van der Waals surface area (Å²) >= 11 is 7.82. The lowest BCUT2D eigenvalue weighted by Crippen LogP contribution is -2.20. The number of nitrogens with one attached hydrogen (secondary N) is 1. The van der Waals surface area contributed by atoms with Gasteiger partial charge in [0.05, 0.1) is 6.61 Å². The molecule has 0 fully saturated rings. The summed E-state index contributed by atoms with van der Waals surface area (Å²) in [6.45, 7) is 6.58. The third-order valence-corrected chi connectivity index (χ3v) is 3.97. The predicted molar refractivity (Wildman–Crippen MR) is 84.7 cm³/mol. The fourth-order valence-corrected chi connectivity index (χ4v) is 3.19. The highest BCUT2D eigenvalue weighted by Crippen LogP contribution is 2.33. The van der Waals surface area contributed by atoms with Crippen molar-refractivity contribution < 1.29 is 9.47 Å². The van der Waals surface area contributed by atoms with Crippen LogP contribution in [0.1, 0.15) is 25.0 Å². The highest BCUT2D eigenvalue weighted by atomic mass is 35.5. The van der Waals surface area contributed by atoms with Crippen LogP contribution in [0, 0.1) is 0 Å². The van der Waals surface area contributed by atoms with Crippen molar-refractivity contribution in [3.63, 3.8) is 0 Å². The zero-order valence-electron chi connectivity index (χ0n) is 11.7. The second-order valence-electron chi connectivity index (χ2n) is 4.26. The first-order valence-electron chi connectivity index (χ1n) is 6.67. The minimum absolute atomic E-state index is 0.301. The molecule has 1 aliphatic rings. The van der Waals surface area contributed by atoms with Crippen LogP contribution in [0.3, 0.4) is 0 Å². The summed E-state index contributed by atoms with van der Waals surface area (Å²) < 4.78 is 10.9. The number of halogens is 1. The number of hydrogen-bond acceptors (Lipinski definition) is 4. The molecule has 2 rings (SSSR count). The summed E-state index contributed by atoms with van der Waals surface area (Å²) in [5.41, 5.74) is 2.10. The van der Waals surface area contributed by atoms with Crippen LogP contribution < -0.4 is 10.1 Å². The molecule has 1 aromatic carbocycles. The number of hydrogen-bond donors (Lipinski definition) is 1. The van der Waals surface area contributed by atoms with E-state index < -0.39 is 0 Å². The Balaban J connectivity index is 2.12. The number of amidine groups is 1. The topological polar surface area (TPSA) is 42.9 Å². The monoisotopic (exact) mass is 314 g/mol. The summed E-state index contributed by atoms with van der Waals surface area (Å²) in [4.78, 5) is 4.43. The molecule has 0 atom stereocenters. The molecule has 0 amide bonds. The van der Waals surface area contributed by atoms with Crippen molar-refractivity contribution in [2.75, 3.05) is 19.9 Å². The summed E-state index contributed by atoms with van der Waals surface area (Å²) in [7, 11) is 0. The zero-order valence-corrected chi connectivity index (χ0v) is 13.3. The van der Waals surface area contributed by atoms with Crippen LogP contribution in [0.25, 0.3) is 0 Å². The molecule has 1 heterocycles. The van der Waals surface area contributed by atoms with Gasteiger partial charge in [-0.1, -0.05) is 23.4 Å². The Kier molecular flexibility index (Phi) is 6.01. The van der Waals surface area contributed by atoms with Gasteiger partial charge in [-0.3, -0.25) is 4.99 Å². The van der Waals surface area contributed by atoms with Crippen LogP contribution in [0.5, 0.6) is 5.75 Å². The van der Waals surface area contributed by atoms with Crippen molar-refractivity contribution in [2.24, 2.45) is 4.99 Å². The van der Waals surface area contributed by atoms with E-state index in [2.05, 4.69) is 17.2 Å². The van der Waals surface area contributed by atoms with Crippen LogP contribution in [0.4, 0.5) is 0 Å². The Morgan fingerprint density at radius 3 is 3.05 bits per heavy atom. The lowest BCUT2D eigenvalue weighted by Gasteiger charge is -2.21. The molecular formula is C14H19ClN2O2S. The van der Waals surface area contributed by atoms with Crippen LogP contribution in [-0.4, -0.2) is 25.1 Å². The van der Waals surface area contributed by atoms with Crippen molar-refractivity contribution in [2.45, 2.75) is 26.2 Å². The Labute approximate surface area is 128 Å². The van der Waals surface area contributed by atoms with Gasteiger partial charge >= 0.3 is 0 Å². The van der Waals surface area contributed by atoms with Gasteiger partial charge in [0.1, 0.15) is 5.75 Å². The molecule has 0 aliphatic carbocycles. The van der Waals surface area contributed by atoms with Crippen molar-refractivity contribution >= 4 is 28.5 Å². The molecule has 4 nitrogen and oxygen atoms in total. The largest absolute Gasteiger partial charge is 0.467 e. The van der Waals surface area contributed by atoms with E-state index in [1.54, 1.807) is 11.8 Å². The van der Waals surface area contributed by atoms with Gasteiger partial charge in [-0.15, -0.1) is 0 Å². The maximum Gasteiger partial charge on any atom is 0.189 e. The number of nitrogens with zero attached hydrogens (tertiary/aromatic N) is 1. The van der Waals surface area contributed by atoms with E-state index in [1.165, 1.54) is 0 Å². The van der Waals surface area contributed by atoms with Gasteiger partial charge in [-0.25, -0.2) is 0 Å². The minimum atomic E-state index is 0.301. The van der Waals surface area contributed by atoms with Crippen molar-refractivity contribution in [1.29, 1.82) is 0 Å². The normalized spacial score (nSPS) is 14.7. The molecular weight excluding hydrogens is 296 g/mol. The Hall–Kier alpha value is -0.910. The first kappa shape index (κ1) is 15.5. The molecule has 1 aromatic rings. The quantitative estimate of drug-likeness (QED) is 0.683. The lowest BCUT2D eigenvalue weighted by molar-refractivity contribution is -0.0168. The van der Waals surface area contributed by atoms with Crippen LogP contribution >= 0.6 is 23.4 Å². The fourth-order valence-electron chi connectivity index (χ4n) is 1.96. The molecule has 0 saturated carbocycles. The number of aliphatic imine (C=N–C) groups is 1. The molecule has 0 unspecified atom stereocenters. The predicted octanol–water partition coefficient (Wildman–Crippen LogP) is 3.43. The van der Waals surface area contributed by atoms with Gasteiger partial charge in [-0.05, 0) is 26.0 Å². The van der Waals surface area contributed by atoms with Crippen molar-refractivity contribution in [3.05, 3.63) is 28.3 Å². The second-order valence-corrected chi connectivity index (χ2v) is 5.66. The van der Waals surface area contributed by atoms with Gasteiger partial charge in [0.2, 0.25) is 0 Å². The van der Waals surface area contributed by atoms with Crippen molar-refractivity contribution in [3.8, 4) is 5.75 Å². The van der Waals surface area contributed by atoms with Gasteiger partial charge in [0.15, 0.2) is 12.0 Å². The lowest BCUT2D eigenvalue weighted by atomic mass is 10.1. The minimum Gasteiger partial charge on any atom is -0.467 e. The summed E-state index contributed by atoms with van der Waals surface area (Å²) in [5.74, 6) is 1.68.